The van der Waals surface area contributed by atoms with Gasteiger partial charge in [0.1, 0.15) is 12.6 Å². The minimum absolute atomic E-state index is 0.154. The summed E-state index contributed by atoms with van der Waals surface area (Å²) >= 11 is 0. The first kappa shape index (κ1) is 15.9. The van der Waals surface area contributed by atoms with E-state index < -0.39 is 0 Å². The predicted octanol–water partition coefficient (Wildman–Crippen LogP) is 5.33. The third kappa shape index (κ3) is 3.43. The van der Waals surface area contributed by atoms with E-state index in [1.165, 1.54) is 22.3 Å². The molecule has 2 aromatic rings. The van der Waals surface area contributed by atoms with E-state index in [0.29, 0.717) is 6.61 Å². The second kappa shape index (κ2) is 7.10. The van der Waals surface area contributed by atoms with E-state index in [9.17, 15) is 0 Å². The lowest BCUT2D eigenvalue weighted by molar-refractivity contribution is 0.326. The number of aryl methyl sites for hydroxylation is 1. The summed E-state index contributed by atoms with van der Waals surface area (Å²) < 4.78 is 5.93. The van der Waals surface area contributed by atoms with Crippen LogP contribution < -0.4 is 0 Å². The van der Waals surface area contributed by atoms with Crippen LogP contribution in [0.25, 0.3) is 5.57 Å². The second-order valence-electron chi connectivity index (χ2n) is 6.73. The summed E-state index contributed by atoms with van der Waals surface area (Å²) in [5, 5.41) is 0. The molecule has 0 saturated carbocycles. The van der Waals surface area contributed by atoms with Crippen molar-refractivity contribution in [1.29, 1.82) is 0 Å². The molecule has 2 aromatic carbocycles. The number of allylic oxidation sites excluding steroid dienone is 3. The van der Waals surface area contributed by atoms with Crippen LogP contribution >= 0.6 is 0 Å². The third-order valence-electron chi connectivity index (χ3n) is 5.01. The zero-order valence-corrected chi connectivity index (χ0v) is 14.6. The van der Waals surface area contributed by atoms with Crippen LogP contribution in [0.3, 0.4) is 0 Å². The van der Waals surface area contributed by atoms with Gasteiger partial charge in [0.25, 0.3) is 0 Å². The van der Waals surface area contributed by atoms with Crippen molar-refractivity contribution in [3.8, 4) is 0 Å². The molecule has 0 fully saturated rings. The molecule has 0 spiro atoms. The fourth-order valence-electron chi connectivity index (χ4n) is 3.55. The van der Waals surface area contributed by atoms with Crippen LogP contribution in [0, 0.1) is 6.92 Å². The van der Waals surface area contributed by atoms with Crippen LogP contribution in [0.1, 0.15) is 36.0 Å². The van der Waals surface area contributed by atoms with Gasteiger partial charge in [-0.2, -0.15) is 0 Å². The van der Waals surface area contributed by atoms with Crippen molar-refractivity contribution in [3.05, 3.63) is 89.0 Å². The molecular weight excluding hydrogens is 306 g/mol. The highest BCUT2D eigenvalue weighted by Gasteiger charge is 2.24. The number of hydrogen-bond donors (Lipinski definition) is 0. The Labute approximate surface area is 149 Å². The van der Waals surface area contributed by atoms with Gasteiger partial charge in [-0.05, 0) is 54.5 Å². The molecular formula is C23H23NO. The maximum atomic E-state index is 5.93. The number of hydrogen-bond acceptors (Lipinski definition) is 2. The summed E-state index contributed by atoms with van der Waals surface area (Å²) in [5.74, 6) is 0.792. The topological polar surface area (TPSA) is 21.6 Å². The molecule has 0 bridgehead atoms. The van der Waals surface area contributed by atoms with Gasteiger partial charge >= 0.3 is 0 Å². The van der Waals surface area contributed by atoms with Gasteiger partial charge in [-0.3, -0.25) is 0 Å². The molecule has 1 heterocycles. The molecule has 0 radical (unpaired) electrons. The van der Waals surface area contributed by atoms with Crippen molar-refractivity contribution < 1.29 is 4.74 Å². The van der Waals surface area contributed by atoms with Gasteiger partial charge in [0.15, 0.2) is 0 Å². The molecule has 126 valence electrons. The Bertz CT molecular complexity index is 845. The Morgan fingerprint density at radius 2 is 1.72 bits per heavy atom. The van der Waals surface area contributed by atoms with Crippen molar-refractivity contribution >= 4 is 11.5 Å². The van der Waals surface area contributed by atoms with E-state index in [4.69, 9.17) is 9.73 Å². The number of nitrogens with zero attached hydrogens (tertiary/aromatic N) is 1. The number of benzene rings is 2. The maximum Gasteiger partial charge on any atom is 0.217 e. The van der Waals surface area contributed by atoms with Crippen molar-refractivity contribution in [1.82, 2.24) is 0 Å². The van der Waals surface area contributed by atoms with Crippen LogP contribution in [-0.4, -0.2) is 18.5 Å². The number of rotatable bonds is 3. The van der Waals surface area contributed by atoms with E-state index in [1.54, 1.807) is 0 Å². The summed E-state index contributed by atoms with van der Waals surface area (Å²) in [6.07, 6.45) is 7.92. The summed E-state index contributed by atoms with van der Waals surface area (Å²) in [6.45, 7) is 2.76. The summed E-state index contributed by atoms with van der Waals surface area (Å²) in [4.78, 5) is 4.88. The Balaban J connectivity index is 1.57. The molecule has 2 nitrogen and oxygen atoms in total. The fraction of sp³-hybridized carbons (Fsp3) is 0.261. The highest BCUT2D eigenvalue weighted by molar-refractivity contribution is 5.96. The molecule has 1 unspecified atom stereocenters. The predicted molar refractivity (Wildman–Crippen MR) is 104 cm³/mol. The minimum Gasteiger partial charge on any atom is -0.475 e. The van der Waals surface area contributed by atoms with Crippen molar-refractivity contribution in [2.45, 2.75) is 32.2 Å². The normalized spacial score (nSPS) is 20.2. The van der Waals surface area contributed by atoms with Crippen LogP contribution in [0.4, 0.5) is 0 Å². The van der Waals surface area contributed by atoms with Gasteiger partial charge in [0.05, 0.1) is 0 Å². The summed E-state index contributed by atoms with van der Waals surface area (Å²) in [7, 11) is 0. The van der Waals surface area contributed by atoms with Crippen LogP contribution in [0.2, 0.25) is 0 Å². The molecule has 1 atom stereocenters. The van der Waals surface area contributed by atoms with Crippen molar-refractivity contribution in [3.63, 3.8) is 0 Å². The third-order valence-corrected chi connectivity index (χ3v) is 5.01. The first-order valence-electron chi connectivity index (χ1n) is 9.03. The van der Waals surface area contributed by atoms with Gasteiger partial charge in [0.2, 0.25) is 5.90 Å². The minimum atomic E-state index is 0.154. The van der Waals surface area contributed by atoms with E-state index in [-0.39, 0.29) is 6.04 Å². The molecule has 4 rings (SSSR count). The Morgan fingerprint density at radius 3 is 2.56 bits per heavy atom. The van der Waals surface area contributed by atoms with Crippen LogP contribution in [0.15, 0.2) is 77.3 Å². The average molecular weight is 329 g/mol. The van der Waals surface area contributed by atoms with Gasteiger partial charge in [0, 0.05) is 5.56 Å². The first-order valence-corrected chi connectivity index (χ1v) is 9.03. The Hall–Kier alpha value is -2.61. The highest BCUT2D eigenvalue weighted by atomic mass is 16.5. The van der Waals surface area contributed by atoms with Crippen molar-refractivity contribution in [2.75, 3.05) is 6.61 Å². The van der Waals surface area contributed by atoms with Gasteiger partial charge in [-0.15, -0.1) is 0 Å². The molecule has 1 aliphatic carbocycles. The molecule has 2 heteroatoms. The lowest BCUT2D eigenvalue weighted by atomic mass is 10.0. The lowest BCUT2D eigenvalue weighted by Crippen LogP contribution is -2.09. The lowest BCUT2D eigenvalue weighted by Gasteiger charge is -2.08. The molecule has 0 aromatic heterocycles. The zero-order chi connectivity index (χ0) is 17.1. The standard InChI is InChI=1S/C23H23NO/c1-17-8-5-6-13-21(17)23-24-22(16-25-23)20-12-7-11-19(14-15-20)18-9-3-2-4-10-18/h2-6,8-10,13-15,22H,7,11-12,16H2,1H3. The first-order chi connectivity index (χ1) is 12.3. The fourth-order valence-corrected chi connectivity index (χ4v) is 3.55. The average Bonchev–Trinajstić information content (AvgIpc) is 3.00. The largest absolute Gasteiger partial charge is 0.475 e. The summed E-state index contributed by atoms with van der Waals surface area (Å²) in [5.41, 5.74) is 6.45. The summed E-state index contributed by atoms with van der Waals surface area (Å²) in [6, 6.07) is 19.1. The van der Waals surface area contributed by atoms with E-state index >= 15 is 0 Å². The highest BCUT2D eigenvalue weighted by Crippen LogP contribution is 2.29. The van der Waals surface area contributed by atoms with E-state index in [0.717, 1.165) is 30.7 Å². The molecule has 0 N–H and O–H groups in total. The SMILES string of the molecule is Cc1ccccc1C1=NC(C2=CC=C(c3ccccc3)CCC2)CO1. The number of ether oxygens (including phenoxy) is 1. The zero-order valence-electron chi connectivity index (χ0n) is 14.6. The molecule has 0 saturated heterocycles. The van der Waals surface area contributed by atoms with Crippen molar-refractivity contribution in [2.24, 2.45) is 4.99 Å². The van der Waals surface area contributed by atoms with Crippen LogP contribution in [-0.2, 0) is 4.74 Å². The van der Waals surface area contributed by atoms with Gasteiger partial charge in [-0.25, -0.2) is 4.99 Å². The van der Waals surface area contributed by atoms with E-state index in [1.807, 2.05) is 6.07 Å². The molecule has 1 aliphatic heterocycles. The van der Waals surface area contributed by atoms with E-state index in [2.05, 4.69) is 67.6 Å². The van der Waals surface area contributed by atoms with Gasteiger partial charge < -0.3 is 4.74 Å². The van der Waals surface area contributed by atoms with Gasteiger partial charge in [-0.1, -0.05) is 60.7 Å². The molecule has 0 amide bonds. The smallest absolute Gasteiger partial charge is 0.217 e. The number of aliphatic imine (C=N–C) groups is 1. The monoisotopic (exact) mass is 329 g/mol. The Kier molecular flexibility index (Phi) is 4.51. The molecule has 2 aliphatic rings. The maximum absolute atomic E-state index is 5.93. The molecule has 25 heavy (non-hydrogen) atoms. The van der Waals surface area contributed by atoms with Crippen LogP contribution in [0.5, 0.6) is 0 Å². The second-order valence-corrected chi connectivity index (χ2v) is 6.73. The Morgan fingerprint density at radius 1 is 0.920 bits per heavy atom. The quantitative estimate of drug-likeness (QED) is 0.745.